The lowest BCUT2D eigenvalue weighted by Gasteiger charge is -2.28. The molecule has 1 aliphatic carbocycles. The van der Waals surface area contributed by atoms with Gasteiger partial charge in [-0.05, 0) is 56.1 Å². The van der Waals surface area contributed by atoms with Crippen LogP contribution in [0.2, 0.25) is 5.02 Å². The fourth-order valence-corrected chi connectivity index (χ4v) is 3.23. The topological polar surface area (TPSA) is 26.3 Å². The monoisotopic (exact) mass is 280 g/mol. The second kappa shape index (κ2) is 6.95. The van der Waals surface area contributed by atoms with Crippen LogP contribution in [-0.2, 0) is 9.53 Å². The highest BCUT2D eigenvalue weighted by atomic mass is 35.5. The smallest absolute Gasteiger partial charge is 0.306 e. The van der Waals surface area contributed by atoms with Crippen molar-refractivity contribution >= 4 is 17.6 Å². The Bertz CT molecular complexity index is 423. The summed E-state index contributed by atoms with van der Waals surface area (Å²) in [6.07, 6.45) is 4.99. The van der Waals surface area contributed by atoms with Crippen LogP contribution >= 0.6 is 11.6 Å². The van der Waals surface area contributed by atoms with Gasteiger partial charge in [-0.25, -0.2) is 0 Å². The minimum atomic E-state index is -0.0521. The molecular formula is C16H21ClO2. The first kappa shape index (κ1) is 14.4. The molecule has 0 amide bonds. The van der Waals surface area contributed by atoms with Gasteiger partial charge in [0, 0.05) is 11.4 Å². The number of esters is 1. The quantitative estimate of drug-likeness (QED) is 0.755. The van der Waals surface area contributed by atoms with Gasteiger partial charge in [0.05, 0.1) is 6.61 Å². The van der Waals surface area contributed by atoms with E-state index in [-0.39, 0.29) is 5.97 Å². The van der Waals surface area contributed by atoms with Crippen LogP contribution in [-0.4, -0.2) is 12.6 Å². The van der Waals surface area contributed by atoms with Gasteiger partial charge in [0.1, 0.15) is 0 Å². The summed E-state index contributed by atoms with van der Waals surface area (Å²) < 4.78 is 5.02. The molecule has 1 aromatic carbocycles. The Kier molecular flexibility index (Phi) is 5.26. The van der Waals surface area contributed by atoms with E-state index in [9.17, 15) is 4.79 Å². The van der Waals surface area contributed by atoms with Crippen LogP contribution in [0.4, 0.5) is 0 Å². The minimum Gasteiger partial charge on any atom is -0.466 e. The van der Waals surface area contributed by atoms with Crippen molar-refractivity contribution in [2.24, 2.45) is 5.92 Å². The van der Waals surface area contributed by atoms with Crippen molar-refractivity contribution in [3.05, 3.63) is 34.9 Å². The van der Waals surface area contributed by atoms with Gasteiger partial charge in [-0.3, -0.25) is 4.79 Å². The molecule has 0 unspecified atom stereocenters. The van der Waals surface area contributed by atoms with Crippen LogP contribution in [0.25, 0.3) is 0 Å². The van der Waals surface area contributed by atoms with E-state index >= 15 is 0 Å². The van der Waals surface area contributed by atoms with Gasteiger partial charge in [0.25, 0.3) is 0 Å². The number of carbonyl (C=O) groups excluding carboxylic acids is 1. The molecular weight excluding hydrogens is 260 g/mol. The summed E-state index contributed by atoms with van der Waals surface area (Å²) in [5.74, 6) is 0.980. The molecule has 3 heteroatoms. The fourth-order valence-electron chi connectivity index (χ4n) is 2.94. The predicted molar refractivity (Wildman–Crippen MR) is 77.4 cm³/mol. The molecule has 0 atom stereocenters. The lowest BCUT2D eigenvalue weighted by Crippen LogP contribution is -2.18. The molecule has 0 radical (unpaired) electrons. The first-order valence-electron chi connectivity index (χ1n) is 7.10. The normalized spacial score (nSPS) is 23.1. The van der Waals surface area contributed by atoms with Crippen molar-refractivity contribution in [2.75, 3.05) is 6.61 Å². The highest BCUT2D eigenvalue weighted by Gasteiger charge is 2.25. The van der Waals surface area contributed by atoms with Crippen molar-refractivity contribution in [1.82, 2.24) is 0 Å². The zero-order valence-electron chi connectivity index (χ0n) is 11.4. The Morgan fingerprint density at radius 2 is 1.95 bits per heavy atom. The molecule has 104 valence electrons. The Morgan fingerprint density at radius 1 is 1.26 bits per heavy atom. The zero-order valence-corrected chi connectivity index (χ0v) is 12.2. The number of hydrogen-bond donors (Lipinski definition) is 0. The van der Waals surface area contributed by atoms with Crippen LogP contribution < -0.4 is 0 Å². The summed E-state index contributed by atoms with van der Waals surface area (Å²) in [7, 11) is 0. The summed E-state index contributed by atoms with van der Waals surface area (Å²) in [5, 5.41) is 0.872. The molecule has 0 heterocycles. The fraction of sp³-hybridized carbons (Fsp3) is 0.562. The zero-order chi connectivity index (χ0) is 13.7. The van der Waals surface area contributed by atoms with Crippen molar-refractivity contribution in [1.29, 1.82) is 0 Å². The second-order valence-corrected chi connectivity index (χ2v) is 5.66. The largest absolute Gasteiger partial charge is 0.466 e. The van der Waals surface area contributed by atoms with Gasteiger partial charge in [0.2, 0.25) is 0 Å². The molecule has 0 N–H and O–H groups in total. The molecule has 2 rings (SSSR count). The van der Waals surface area contributed by atoms with Crippen LogP contribution in [0.15, 0.2) is 24.3 Å². The van der Waals surface area contributed by atoms with Gasteiger partial charge in [0.15, 0.2) is 0 Å². The lowest BCUT2D eigenvalue weighted by molar-refractivity contribution is -0.144. The Labute approximate surface area is 120 Å². The van der Waals surface area contributed by atoms with E-state index in [1.165, 1.54) is 5.56 Å². The van der Waals surface area contributed by atoms with Gasteiger partial charge in [-0.1, -0.05) is 29.8 Å². The van der Waals surface area contributed by atoms with Gasteiger partial charge >= 0.3 is 5.97 Å². The maximum atomic E-state index is 11.5. The minimum absolute atomic E-state index is 0.0521. The molecule has 0 spiro atoms. The third-order valence-corrected chi connectivity index (χ3v) is 4.30. The molecule has 1 saturated carbocycles. The van der Waals surface area contributed by atoms with E-state index in [4.69, 9.17) is 16.3 Å². The summed E-state index contributed by atoms with van der Waals surface area (Å²) in [5.41, 5.74) is 1.26. The standard InChI is InChI=1S/C16H21ClO2/c1-2-19-16(18)11-12-7-9-13(10-8-12)14-5-3-4-6-15(14)17/h3-6,12-13H,2,7-11H2,1H3. The molecule has 2 nitrogen and oxygen atoms in total. The molecule has 0 bridgehead atoms. The summed E-state index contributed by atoms with van der Waals surface area (Å²) in [4.78, 5) is 11.5. The molecule has 19 heavy (non-hydrogen) atoms. The SMILES string of the molecule is CCOC(=O)CC1CCC(c2ccccc2Cl)CC1. The first-order chi connectivity index (χ1) is 9.20. The molecule has 0 aromatic heterocycles. The number of carbonyl (C=O) groups is 1. The number of ether oxygens (including phenoxy) is 1. The maximum absolute atomic E-state index is 11.5. The predicted octanol–water partition coefficient (Wildman–Crippen LogP) is 4.57. The Balaban J connectivity index is 1.86. The third kappa shape index (κ3) is 3.97. The van der Waals surface area contributed by atoms with Crippen LogP contribution in [0.1, 0.15) is 50.5 Å². The third-order valence-electron chi connectivity index (χ3n) is 3.95. The molecule has 0 saturated heterocycles. The average Bonchev–Trinajstić information content (AvgIpc) is 2.41. The highest BCUT2D eigenvalue weighted by molar-refractivity contribution is 6.31. The first-order valence-corrected chi connectivity index (χ1v) is 7.48. The number of halogens is 1. The van der Waals surface area contributed by atoms with Crippen molar-refractivity contribution < 1.29 is 9.53 Å². The van der Waals surface area contributed by atoms with Crippen molar-refractivity contribution in [3.63, 3.8) is 0 Å². The maximum Gasteiger partial charge on any atom is 0.306 e. The number of hydrogen-bond acceptors (Lipinski definition) is 2. The Morgan fingerprint density at radius 3 is 2.58 bits per heavy atom. The second-order valence-electron chi connectivity index (χ2n) is 5.25. The summed E-state index contributed by atoms with van der Waals surface area (Å²) >= 11 is 6.25. The summed E-state index contributed by atoms with van der Waals surface area (Å²) in [6, 6.07) is 8.10. The number of rotatable bonds is 4. The lowest BCUT2D eigenvalue weighted by atomic mass is 9.77. The highest BCUT2D eigenvalue weighted by Crippen LogP contribution is 2.39. The van der Waals surface area contributed by atoms with E-state index in [2.05, 4.69) is 6.07 Å². The van der Waals surface area contributed by atoms with E-state index in [1.54, 1.807) is 0 Å². The van der Waals surface area contributed by atoms with Gasteiger partial charge in [-0.15, -0.1) is 0 Å². The van der Waals surface area contributed by atoms with Crippen LogP contribution in [0, 0.1) is 5.92 Å². The van der Waals surface area contributed by atoms with E-state index in [0.29, 0.717) is 24.9 Å². The molecule has 1 fully saturated rings. The number of benzene rings is 1. The van der Waals surface area contributed by atoms with E-state index in [1.807, 2.05) is 25.1 Å². The van der Waals surface area contributed by atoms with E-state index < -0.39 is 0 Å². The van der Waals surface area contributed by atoms with Crippen LogP contribution in [0.3, 0.4) is 0 Å². The van der Waals surface area contributed by atoms with Gasteiger partial charge < -0.3 is 4.74 Å². The summed E-state index contributed by atoms with van der Waals surface area (Å²) in [6.45, 7) is 2.33. The van der Waals surface area contributed by atoms with Crippen LogP contribution in [0.5, 0.6) is 0 Å². The molecule has 1 aromatic rings. The Hall–Kier alpha value is -1.02. The molecule has 0 aliphatic heterocycles. The van der Waals surface area contributed by atoms with Gasteiger partial charge in [-0.2, -0.15) is 0 Å². The van der Waals surface area contributed by atoms with E-state index in [0.717, 1.165) is 30.7 Å². The molecule has 1 aliphatic rings. The van der Waals surface area contributed by atoms with Crippen molar-refractivity contribution in [2.45, 2.75) is 44.9 Å². The average molecular weight is 281 g/mol. The van der Waals surface area contributed by atoms with Crippen molar-refractivity contribution in [3.8, 4) is 0 Å².